The van der Waals surface area contributed by atoms with Gasteiger partial charge in [0.15, 0.2) is 0 Å². The number of amides is 2. The molecule has 2 aliphatic rings. The molecular weight excluding hydrogens is 412 g/mol. The fourth-order valence-electron chi connectivity index (χ4n) is 4.67. The third-order valence-electron chi connectivity index (χ3n) is 6.23. The summed E-state index contributed by atoms with van der Waals surface area (Å²) in [5.74, 6) is 0.326. The Bertz CT molecular complexity index is 1020. The quantitative estimate of drug-likeness (QED) is 0.590. The van der Waals surface area contributed by atoms with Crippen molar-refractivity contribution in [1.82, 2.24) is 9.80 Å². The van der Waals surface area contributed by atoms with E-state index < -0.39 is 0 Å². The van der Waals surface area contributed by atoms with Gasteiger partial charge in [-0.15, -0.1) is 22.7 Å². The molecule has 6 heteroatoms. The van der Waals surface area contributed by atoms with Crippen molar-refractivity contribution >= 4 is 34.5 Å². The maximum atomic E-state index is 13.6. The molecule has 0 spiro atoms. The van der Waals surface area contributed by atoms with Gasteiger partial charge in [0.2, 0.25) is 5.91 Å². The minimum atomic E-state index is -0.0104. The standard InChI is InChI=1S/C24H24N2O2S2/c27-23(18-8-12-25(13-9-18)24(28)21-7-4-15-29-21)26-14-10-20-19(11-16-30-20)22(26)17-5-2-1-3-6-17/h1-7,11,15-16,18,22H,8-10,12-14H2/t22-/m1/s1. The Morgan fingerprint density at radius 1 is 0.867 bits per heavy atom. The van der Waals surface area contributed by atoms with Gasteiger partial charge in [0.1, 0.15) is 0 Å². The van der Waals surface area contributed by atoms with Crippen LogP contribution in [0.15, 0.2) is 59.3 Å². The molecule has 2 amide bonds. The number of hydrogen-bond acceptors (Lipinski definition) is 4. The highest BCUT2D eigenvalue weighted by molar-refractivity contribution is 7.12. The minimum Gasteiger partial charge on any atom is -0.338 e. The monoisotopic (exact) mass is 436 g/mol. The molecule has 1 saturated heterocycles. The topological polar surface area (TPSA) is 40.6 Å². The van der Waals surface area contributed by atoms with Gasteiger partial charge in [-0.2, -0.15) is 0 Å². The molecule has 0 bridgehead atoms. The number of nitrogens with zero attached hydrogens (tertiary/aromatic N) is 2. The normalized spacial score (nSPS) is 19.5. The van der Waals surface area contributed by atoms with Crippen molar-refractivity contribution in [2.24, 2.45) is 5.92 Å². The Morgan fingerprint density at radius 2 is 1.67 bits per heavy atom. The third-order valence-corrected chi connectivity index (χ3v) is 8.08. The maximum absolute atomic E-state index is 13.6. The molecule has 1 fully saturated rings. The number of rotatable bonds is 3. The molecule has 2 aromatic heterocycles. The second-order valence-corrected chi connectivity index (χ2v) is 9.89. The highest BCUT2D eigenvalue weighted by Gasteiger charge is 2.37. The lowest BCUT2D eigenvalue weighted by Gasteiger charge is -2.40. The van der Waals surface area contributed by atoms with E-state index in [-0.39, 0.29) is 23.8 Å². The predicted molar refractivity (Wildman–Crippen MR) is 121 cm³/mol. The Hall–Kier alpha value is -2.44. The Kier molecular flexibility index (Phi) is 5.44. The molecule has 3 aromatic rings. The van der Waals surface area contributed by atoms with Crippen LogP contribution in [-0.4, -0.2) is 41.2 Å². The first-order chi connectivity index (χ1) is 14.7. The Labute approximate surface area is 184 Å². The molecule has 0 unspecified atom stereocenters. The lowest BCUT2D eigenvalue weighted by Crippen LogP contribution is -2.47. The first-order valence-corrected chi connectivity index (χ1v) is 12.2. The zero-order chi connectivity index (χ0) is 20.5. The SMILES string of the molecule is O=C(c1cccs1)N1CCC(C(=O)N2CCc3sccc3[C@H]2c2ccccc2)CC1. The fourth-order valence-corrected chi connectivity index (χ4v) is 6.26. The summed E-state index contributed by atoms with van der Waals surface area (Å²) < 4.78 is 0. The summed E-state index contributed by atoms with van der Waals surface area (Å²) in [6, 6.07) is 16.3. The minimum absolute atomic E-state index is 0.000481. The van der Waals surface area contributed by atoms with Gasteiger partial charge in [-0.05, 0) is 53.3 Å². The molecule has 5 rings (SSSR count). The Morgan fingerprint density at radius 3 is 2.40 bits per heavy atom. The van der Waals surface area contributed by atoms with Crippen molar-refractivity contribution in [3.8, 4) is 0 Å². The fraction of sp³-hybridized carbons (Fsp3) is 0.333. The van der Waals surface area contributed by atoms with Gasteiger partial charge in [0.25, 0.3) is 5.91 Å². The van der Waals surface area contributed by atoms with Crippen molar-refractivity contribution in [2.75, 3.05) is 19.6 Å². The molecule has 1 aromatic carbocycles. The van der Waals surface area contributed by atoms with Crippen LogP contribution in [0.2, 0.25) is 0 Å². The number of likely N-dealkylation sites (tertiary alicyclic amines) is 1. The van der Waals surface area contributed by atoms with Crippen LogP contribution in [-0.2, 0) is 11.2 Å². The van der Waals surface area contributed by atoms with Crippen LogP contribution >= 0.6 is 22.7 Å². The number of carbonyl (C=O) groups is 2. The predicted octanol–water partition coefficient (Wildman–Crippen LogP) is 4.84. The summed E-state index contributed by atoms with van der Waals surface area (Å²) in [5.41, 5.74) is 2.45. The summed E-state index contributed by atoms with van der Waals surface area (Å²) >= 11 is 3.28. The molecule has 1 atom stereocenters. The molecule has 0 saturated carbocycles. The van der Waals surface area contributed by atoms with Crippen LogP contribution in [0.1, 0.15) is 44.6 Å². The number of carbonyl (C=O) groups excluding carboxylic acids is 2. The van der Waals surface area contributed by atoms with Crippen LogP contribution in [0.3, 0.4) is 0 Å². The van der Waals surface area contributed by atoms with Crippen LogP contribution in [0, 0.1) is 5.92 Å². The van der Waals surface area contributed by atoms with Gasteiger partial charge in [-0.1, -0.05) is 36.4 Å². The molecule has 4 heterocycles. The molecule has 4 nitrogen and oxygen atoms in total. The van der Waals surface area contributed by atoms with Gasteiger partial charge < -0.3 is 9.80 Å². The summed E-state index contributed by atoms with van der Waals surface area (Å²) in [6.45, 7) is 2.07. The van der Waals surface area contributed by atoms with Gasteiger partial charge in [0.05, 0.1) is 10.9 Å². The second kappa shape index (κ2) is 8.36. The van der Waals surface area contributed by atoms with E-state index in [9.17, 15) is 9.59 Å². The van der Waals surface area contributed by atoms with Crippen molar-refractivity contribution in [1.29, 1.82) is 0 Å². The van der Waals surface area contributed by atoms with Crippen LogP contribution < -0.4 is 0 Å². The van der Waals surface area contributed by atoms with E-state index in [1.54, 1.807) is 11.3 Å². The smallest absolute Gasteiger partial charge is 0.263 e. The molecule has 0 N–H and O–H groups in total. The number of fused-ring (bicyclic) bond motifs is 1. The Balaban J connectivity index is 1.33. The molecule has 30 heavy (non-hydrogen) atoms. The summed E-state index contributed by atoms with van der Waals surface area (Å²) in [7, 11) is 0. The first kappa shape index (κ1) is 19.5. The van der Waals surface area contributed by atoms with E-state index in [0.29, 0.717) is 13.1 Å². The summed E-state index contributed by atoms with van der Waals surface area (Å²) in [4.78, 5) is 32.4. The van der Waals surface area contributed by atoms with Crippen molar-refractivity contribution in [3.05, 3.63) is 80.2 Å². The number of thiophene rings is 2. The van der Waals surface area contributed by atoms with Crippen LogP contribution in [0.5, 0.6) is 0 Å². The van der Waals surface area contributed by atoms with Crippen molar-refractivity contribution in [3.63, 3.8) is 0 Å². The third kappa shape index (κ3) is 3.59. The number of hydrogen-bond donors (Lipinski definition) is 0. The van der Waals surface area contributed by atoms with Gasteiger partial charge in [-0.3, -0.25) is 9.59 Å². The van der Waals surface area contributed by atoms with E-state index >= 15 is 0 Å². The summed E-state index contributed by atoms with van der Waals surface area (Å²) in [6.07, 6.45) is 2.41. The molecule has 2 aliphatic heterocycles. The molecule has 0 radical (unpaired) electrons. The molecule has 0 aliphatic carbocycles. The largest absolute Gasteiger partial charge is 0.338 e. The highest BCUT2D eigenvalue weighted by atomic mass is 32.1. The van der Waals surface area contributed by atoms with E-state index in [2.05, 4.69) is 28.5 Å². The lowest BCUT2D eigenvalue weighted by atomic mass is 9.89. The molecule has 154 valence electrons. The first-order valence-electron chi connectivity index (χ1n) is 10.5. The van der Waals surface area contributed by atoms with Gasteiger partial charge in [0, 0.05) is 30.4 Å². The van der Waals surface area contributed by atoms with Crippen molar-refractivity contribution in [2.45, 2.75) is 25.3 Å². The average molecular weight is 437 g/mol. The van der Waals surface area contributed by atoms with E-state index in [1.807, 2.05) is 40.6 Å². The van der Waals surface area contributed by atoms with E-state index in [0.717, 1.165) is 30.7 Å². The lowest BCUT2D eigenvalue weighted by molar-refractivity contribution is -0.139. The highest BCUT2D eigenvalue weighted by Crippen LogP contribution is 2.39. The zero-order valence-corrected chi connectivity index (χ0v) is 18.3. The van der Waals surface area contributed by atoms with Gasteiger partial charge >= 0.3 is 0 Å². The maximum Gasteiger partial charge on any atom is 0.263 e. The van der Waals surface area contributed by atoms with Crippen LogP contribution in [0.4, 0.5) is 0 Å². The van der Waals surface area contributed by atoms with E-state index in [1.165, 1.54) is 27.3 Å². The number of piperidine rings is 1. The number of benzene rings is 1. The second-order valence-electron chi connectivity index (χ2n) is 7.94. The van der Waals surface area contributed by atoms with Gasteiger partial charge in [-0.25, -0.2) is 0 Å². The molecular formula is C24H24N2O2S2. The zero-order valence-electron chi connectivity index (χ0n) is 16.7. The summed E-state index contributed by atoms with van der Waals surface area (Å²) in [5, 5.41) is 4.07. The van der Waals surface area contributed by atoms with Crippen LogP contribution in [0.25, 0.3) is 0 Å². The van der Waals surface area contributed by atoms with E-state index in [4.69, 9.17) is 0 Å². The van der Waals surface area contributed by atoms with Crippen molar-refractivity contribution < 1.29 is 9.59 Å². The average Bonchev–Trinajstić information content (AvgIpc) is 3.50.